The Balaban J connectivity index is 2.08. The summed E-state index contributed by atoms with van der Waals surface area (Å²) < 4.78 is 14.7. The van der Waals surface area contributed by atoms with Crippen molar-refractivity contribution in [3.05, 3.63) is 70.8 Å². The summed E-state index contributed by atoms with van der Waals surface area (Å²) in [6.45, 7) is 2.15. The topological polar surface area (TPSA) is 12.0 Å². The van der Waals surface area contributed by atoms with E-state index < -0.39 is 6.17 Å². The first-order chi connectivity index (χ1) is 8.72. The molecule has 2 bridgehead atoms. The molecule has 2 aliphatic heterocycles. The van der Waals surface area contributed by atoms with Crippen molar-refractivity contribution in [1.82, 2.24) is 5.32 Å². The molecule has 2 aromatic carbocycles. The van der Waals surface area contributed by atoms with Gasteiger partial charge in [-0.05, 0) is 29.2 Å². The SMILES string of the molecule is C[C@]12N[C@H](c3ccccc31)[C@@H](F)c1ccccc12. The van der Waals surface area contributed by atoms with Crippen molar-refractivity contribution in [2.45, 2.75) is 24.7 Å². The third-order valence-corrected chi connectivity index (χ3v) is 4.37. The second-order valence-corrected chi connectivity index (χ2v) is 5.32. The van der Waals surface area contributed by atoms with E-state index in [2.05, 4.69) is 18.3 Å². The predicted molar refractivity (Wildman–Crippen MR) is 69.1 cm³/mol. The van der Waals surface area contributed by atoms with Gasteiger partial charge >= 0.3 is 0 Å². The Morgan fingerprint density at radius 1 is 0.944 bits per heavy atom. The first kappa shape index (κ1) is 10.3. The molecule has 3 atom stereocenters. The van der Waals surface area contributed by atoms with Crippen LogP contribution in [0.4, 0.5) is 4.39 Å². The molecule has 0 radical (unpaired) electrons. The van der Waals surface area contributed by atoms with E-state index in [-0.39, 0.29) is 11.6 Å². The highest BCUT2D eigenvalue weighted by Crippen LogP contribution is 2.53. The predicted octanol–water partition coefficient (Wildman–Crippen LogP) is 3.62. The largest absolute Gasteiger partial charge is 0.294 e. The quantitative estimate of drug-likeness (QED) is 0.740. The van der Waals surface area contributed by atoms with Crippen LogP contribution in [-0.2, 0) is 5.54 Å². The molecular formula is C16H14FN. The van der Waals surface area contributed by atoms with Crippen LogP contribution in [0.25, 0.3) is 0 Å². The molecule has 2 heteroatoms. The number of alkyl halides is 1. The normalized spacial score (nSPS) is 31.9. The number of fused-ring (bicyclic) bond motifs is 7. The van der Waals surface area contributed by atoms with Crippen molar-refractivity contribution in [3.8, 4) is 0 Å². The Kier molecular flexibility index (Phi) is 1.83. The van der Waals surface area contributed by atoms with E-state index in [4.69, 9.17) is 0 Å². The lowest BCUT2D eigenvalue weighted by molar-refractivity contribution is 0.216. The second-order valence-electron chi connectivity index (χ2n) is 5.32. The molecule has 2 aromatic rings. The van der Waals surface area contributed by atoms with Crippen molar-refractivity contribution in [2.24, 2.45) is 0 Å². The Morgan fingerprint density at radius 3 is 2.22 bits per heavy atom. The number of halogens is 1. The van der Waals surface area contributed by atoms with E-state index in [0.717, 1.165) is 16.7 Å². The van der Waals surface area contributed by atoms with Gasteiger partial charge in [0.2, 0.25) is 0 Å². The zero-order valence-electron chi connectivity index (χ0n) is 10.2. The lowest BCUT2D eigenvalue weighted by Gasteiger charge is -2.36. The van der Waals surface area contributed by atoms with Gasteiger partial charge in [0, 0.05) is 0 Å². The number of hydrogen-bond acceptors (Lipinski definition) is 1. The molecule has 0 saturated carbocycles. The van der Waals surface area contributed by atoms with Crippen LogP contribution >= 0.6 is 0 Å². The molecule has 4 rings (SSSR count). The summed E-state index contributed by atoms with van der Waals surface area (Å²) >= 11 is 0. The van der Waals surface area contributed by atoms with Crippen molar-refractivity contribution in [1.29, 1.82) is 0 Å². The molecule has 90 valence electrons. The van der Waals surface area contributed by atoms with Crippen LogP contribution in [-0.4, -0.2) is 0 Å². The maximum absolute atomic E-state index is 14.7. The second kappa shape index (κ2) is 3.21. The first-order valence-corrected chi connectivity index (χ1v) is 6.32. The molecule has 2 heterocycles. The number of benzene rings is 2. The minimum absolute atomic E-state index is 0.207. The minimum Gasteiger partial charge on any atom is -0.294 e. The average Bonchev–Trinajstić information content (AvgIpc) is 2.70. The standard InChI is InChI=1S/C16H14FN/c1-16-12-8-4-2-6-10(12)14(17)15(18-16)11-7-3-5-9-13(11)16/h2-9,14-15,18H,1H3/t14-,15+,16+/m0/s1. The Hall–Kier alpha value is -1.67. The highest BCUT2D eigenvalue weighted by Gasteiger charge is 2.49. The molecule has 18 heavy (non-hydrogen) atoms. The molecule has 0 unspecified atom stereocenters. The summed E-state index contributed by atoms with van der Waals surface area (Å²) in [6.07, 6.45) is -0.960. The van der Waals surface area contributed by atoms with Gasteiger partial charge in [-0.2, -0.15) is 0 Å². The molecule has 0 saturated heterocycles. The fourth-order valence-electron chi connectivity index (χ4n) is 3.52. The molecule has 1 N–H and O–H groups in total. The van der Waals surface area contributed by atoms with Crippen LogP contribution in [0, 0.1) is 0 Å². The summed E-state index contributed by atoms with van der Waals surface area (Å²) in [6, 6.07) is 15.8. The Labute approximate surface area is 106 Å². The van der Waals surface area contributed by atoms with Crippen LogP contribution in [0.3, 0.4) is 0 Å². The van der Waals surface area contributed by atoms with Crippen LogP contribution in [0.1, 0.15) is 41.4 Å². The van der Waals surface area contributed by atoms with Gasteiger partial charge in [-0.15, -0.1) is 0 Å². The lowest BCUT2D eigenvalue weighted by Crippen LogP contribution is -2.42. The van der Waals surface area contributed by atoms with Crippen molar-refractivity contribution in [3.63, 3.8) is 0 Å². The van der Waals surface area contributed by atoms with Crippen molar-refractivity contribution in [2.75, 3.05) is 0 Å². The van der Waals surface area contributed by atoms with Gasteiger partial charge in [0.25, 0.3) is 0 Å². The fourth-order valence-corrected chi connectivity index (χ4v) is 3.52. The summed E-state index contributed by atoms with van der Waals surface area (Å²) in [5, 5.41) is 3.46. The maximum atomic E-state index is 14.7. The molecule has 0 amide bonds. The zero-order valence-corrected chi connectivity index (χ0v) is 10.2. The van der Waals surface area contributed by atoms with E-state index in [1.807, 2.05) is 42.5 Å². The average molecular weight is 239 g/mol. The summed E-state index contributed by atoms with van der Waals surface area (Å²) in [5.74, 6) is 0. The smallest absolute Gasteiger partial charge is 0.145 e. The van der Waals surface area contributed by atoms with Gasteiger partial charge < -0.3 is 0 Å². The van der Waals surface area contributed by atoms with Crippen LogP contribution < -0.4 is 5.32 Å². The van der Waals surface area contributed by atoms with E-state index in [1.165, 1.54) is 5.56 Å². The monoisotopic (exact) mass is 239 g/mol. The summed E-state index contributed by atoms with van der Waals surface area (Å²) in [5.41, 5.74) is 3.96. The number of rotatable bonds is 0. The van der Waals surface area contributed by atoms with E-state index in [0.29, 0.717) is 0 Å². The maximum Gasteiger partial charge on any atom is 0.145 e. The first-order valence-electron chi connectivity index (χ1n) is 6.32. The van der Waals surface area contributed by atoms with Crippen molar-refractivity contribution < 1.29 is 4.39 Å². The van der Waals surface area contributed by atoms with Gasteiger partial charge in [0.15, 0.2) is 0 Å². The van der Waals surface area contributed by atoms with E-state index in [1.54, 1.807) is 0 Å². The van der Waals surface area contributed by atoms with Crippen LogP contribution in [0.5, 0.6) is 0 Å². The van der Waals surface area contributed by atoms with Crippen LogP contribution in [0.2, 0.25) is 0 Å². The zero-order chi connectivity index (χ0) is 12.3. The lowest BCUT2D eigenvalue weighted by atomic mass is 9.82. The third kappa shape index (κ3) is 1.05. The third-order valence-electron chi connectivity index (χ3n) is 4.37. The molecule has 0 fully saturated rings. The van der Waals surface area contributed by atoms with Gasteiger partial charge in [-0.25, -0.2) is 4.39 Å². The molecule has 2 aliphatic rings. The van der Waals surface area contributed by atoms with Gasteiger partial charge in [0.05, 0.1) is 11.6 Å². The molecule has 0 spiro atoms. The minimum atomic E-state index is -0.960. The van der Waals surface area contributed by atoms with Gasteiger partial charge in [0.1, 0.15) is 6.17 Å². The molecule has 0 aromatic heterocycles. The summed E-state index contributed by atoms with van der Waals surface area (Å²) in [4.78, 5) is 0. The van der Waals surface area contributed by atoms with E-state index >= 15 is 0 Å². The summed E-state index contributed by atoms with van der Waals surface area (Å²) in [7, 11) is 0. The molecule has 1 nitrogen and oxygen atoms in total. The fraction of sp³-hybridized carbons (Fsp3) is 0.250. The number of hydrogen-bond donors (Lipinski definition) is 1. The highest BCUT2D eigenvalue weighted by molar-refractivity contribution is 5.55. The Morgan fingerprint density at radius 2 is 1.50 bits per heavy atom. The van der Waals surface area contributed by atoms with Crippen LogP contribution in [0.15, 0.2) is 48.5 Å². The Bertz CT molecular complexity index is 636. The van der Waals surface area contributed by atoms with E-state index in [9.17, 15) is 4.39 Å². The highest BCUT2D eigenvalue weighted by atomic mass is 19.1. The number of nitrogens with one attached hydrogen (secondary N) is 1. The van der Waals surface area contributed by atoms with Crippen molar-refractivity contribution >= 4 is 0 Å². The van der Waals surface area contributed by atoms with Gasteiger partial charge in [-0.1, -0.05) is 48.5 Å². The van der Waals surface area contributed by atoms with Gasteiger partial charge in [-0.3, -0.25) is 5.32 Å². The molecule has 0 aliphatic carbocycles. The molecular weight excluding hydrogens is 225 g/mol.